The molecule has 0 unspecified atom stereocenters. The lowest BCUT2D eigenvalue weighted by atomic mass is 9.91. The second-order valence-corrected chi connectivity index (χ2v) is 13.4. The molecule has 10 aromatic rings. The number of benzene rings is 8. The van der Waals surface area contributed by atoms with Gasteiger partial charge in [0.15, 0.2) is 17.5 Å². The van der Waals surface area contributed by atoms with Crippen molar-refractivity contribution in [2.45, 2.75) is 0 Å². The van der Waals surface area contributed by atoms with Gasteiger partial charge in [-0.2, -0.15) is 0 Å². The van der Waals surface area contributed by atoms with Gasteiger partial charge in [0, 0.05) is 27.6 Å². The lowest BCUT2D eigenvalue weighted by Gasteiger charge is -2.16. The van der Waals surface area contributed by atoms with Gasteiger partial charge in [0.25, 0.3) is 0 Å². The molecule has 0 N–H and O–H groups in total. The standard InChI is InChI=1S/C50H32N4/c1-4-14-34(15-5-1)44-32-46(42-24-12-21-33-16-10-11-22-40(33)42)51-45-31-30-41-39(23-13-25-43(41)47(44)45)35-26-28-38(29-27-35)50-53-48(36-17-6-2-7-18-36)52-49(54-50)37-19-8-3-9-20-37/h1-32H. The Kier molecular flexibility index (Phi) is 7.77. The van der Waals surface area contributed by atoms with Crippen molar-refractivity contribution >= 4 is 32.4 Å². The molecule has 0 spiro atoms. The van der Waals surface area contributed by atoms with Crippen LogP contribution in [0.5, 0.6) is 0 Å². The van der Waals surface area contributed by atoms with E-state index in [2.05, 4.69) is 133 Å². The van der Waals surface area contributed by atoms with Crippen molar-refractivity contribution < 1.29 is 0 Å². The van der Waals surface area contributed by atoms with Crippen LogP contribution in [0.3, 0.4) is 0 Å². The maximum Gasteiger partial charge on any atom is 0.164 e. The Hall–Kier alpha value is -7.30. The first-order valence-corrected chi connectivity index (χ1v) is 18.1. The monoisotopic (exact) mass is 688 g/mol. The van der Waals surface area contributed by atoms with E-state index in [9.17, 15) is 0 Å². The van der Waals surface area contributed by atoms with Crippen molar-refractivity contribution in [3.05, 3.63) is 194 Å². The first-order chi connectivity index (χ1) is 26.8. The molecule has 0 saturated heterocycles. The topological polar surface area (TPSA) is 51.6 Å². The van der Waals surface area contributed by atoms with Gasteiger partial charge >= 0.3 is 0 Å². The maximum absolute atomic E-state index is 5.32. The molecule has 8 aromatic carbocycles. The van der Waals surface area contributed by atoms with E-state index in [1.54, 1.807) is 0 Å². The molecule has 54 heavy (non-hydrogen) atoms. The Balaban J connectivity index is 1.10. The average Bonchev–Trinajstić information content (AvgIpc) is 3.26. The van der Waals surface area contributed by atoms with Gasteiger partial charge in [-0.3, -0.25) is 0 Å². The molecule has 0 amide bonds. The number of pyridine rings is 1. The third-order valence-corrected chi connectivity index (χ3v) is 10.1. The quantitative estimate of drug-likeness (QED) is 0.163. The van der Waals surface area contributed by atoms with Gasteiger partial charge in [0.2, 0.25) is 0 Å². The molecule has 0 aliphatic rings. The highest BCUT2D eigenvalue weighted by atomic mass is 15.0. The highest BCUT2D eigenvalue weighted by Gasteiger charge is 2.17. The van der Waals surface area contributed by atoms with Crippen molar-refractivity contribution in [2.75, 3.05) is 0 Å². The fourth-order valence-corrected chi connectivity index (χ4v) is 7.51. The molecule has 4 nitrogen and oxygen atoms in total. The van der Waals surface area contributed by atoms with Gasteiger partial charge in [0.05, 0.1) is 11.2 Å². The first kappa shape index (κ1) is 31.4. The van der Waals surface area contributed by atoms with E-state index in [-0.39, 0.29) is 0 Å². The van der Waals surface area contributed by atoms with Crippen LogP contribution < -0.4 is 0 Å². The highest BCUT2D eigenvalue weighted by Crippen LogP contribution is 2.40. The zero-order valence-corrected chi connectivity index (χ0v) is 29.3. The van der Waals surface area contributed by atoms with E-state index in [4.69, 9.17) is 19.9 Å². The van der Waals surface area contributed by atoms with Gasteiger partial charge in [-0.05, 0) is 55.9 Å². The summed E-state index contributed by atoms with van der Waals surface area (Å²) in [6.07, 6.45) is 0. The lowest BCUT2D eigenvalue weighted by molar-refractivity contribution is 1.07. The second-order valence-electron chi connectivity index (χ2n) is 13.4. The predicted molar refractivity (Wildman–Crippen MR) is 223 cm³/mol. The molecule has 0 fully saturated rings. The van der Waals surface area contributed by atoms with Crippen LogP contribution in [0.4, 0.5) is 0 Å². The molecule has 0 aliphatic carbocycles. The van der Waals surface area contributed by atoms with Crippen molar-refractivity contribution in [2.24, 2.45) is 0 Å². The molecular weight excluding hydrogens is 657 g/mol. The summed E-state index contributed by atoms with van der Waals surface area (Å²) in [5, 5.41) is 5.89. The third kappa shape index (κ3) is 5.67. The number of hydrogen-bond acceptors (Lipinski definition) is 4. The van der Waals surface area contributed by atoms with Gasteiger partial charge in [-0.25, -0.2) is 19.9 Å². The van der Waals surface area contributed by atoms with Crippen LogP contribution in [0.25, 0.3) is 100 Å². The maximum atomic E-state index is 5.32. The van der Waals surface area contributed by atoms with E-state index < -0.39 is 0 Å². The summed E-state index contributed by atoms with van der Waals surface area (Å²) in [4.78, 5) is 20.1. The summed E-state index contributed by atoms with van der Waals surface area (Å²) in [7, 11) is 0. The summed E-state index contributed by atoms with van der Waals surface area (Å²) < 4.78 is 0. The van der Waals surface area contributed by atoms with Gasteiger partial charge < -0.3 is 0 Å². The molecular formula is C50H32N4. The second kappa shape index (κ2) is 13.4. The van der Waals surface area contributed by atoms with Crippen LogP contribution >= 0.6 is 0 Å². The minimum atomic E-state index is 0.638. The zero-order valence-electron chi connectivity index (χ0n) is 29.3. The Labute approximate surface area is 313 Å². The van der Waals surface area contributed by atoms with Crippen molar-refractivity contribution in [1.29, 1.82) is 0 Å². The third-order valence-electron chi connectivity index (χ3n) is 10.1. The lowest BCUT2D eigenvalue weighted by Crippen LogP contribution is -2.00. The number of nitrogens with zero attached hydrogens (tertiary/aromatic N) is 4. The van der Waals surface area contributed by atoms with Crippen LogP contribution in [0.1, 0.15) is 0 Å². The Morgan fingerprint density at radius 1 is 0.278 bits per heavy atom. The molecule has 2 aromatic heterocycles. The van der Waals surface area contributed by atoms with E-state index in [1.807, 2.05) is 60.7 Å². The molecule has 4 heteroatoms. The van der Waals surface area contributed by atoms with Gasteiger partial charge in [-0.1, -0.05) is 182 Å². The molecule has 0 atom stereocenters. The van der Waals surface area contributed by atoms with Crippen LogP contribution in [-0.2, 0) is 0 Å². The SMILES string of the molecule is c1ccc(-c2nc(-c3ccccc3)nc(-c3ccc(-c4cccc5c4ccc4nc(-c6cccc7ccccc67)cc(-c6ccccc6)c45)cc3)n2)cc1. The summed E-state index contributed by atoms with van der Waals surface area (Å²) in [5.41, 5.74) is 10.5. The summed E-state index contributed by atoms with van der Waals surface area (Å²) in [5.74, 6) is 1.94. The fraction of sp³-hybridized carbons (Fsp3) is 0. The minimum absolute atomic E-state index is 0.638. The first-order valence-electron chi connectivity index (χ1n) is 18.1. The molecule has 0 bridgehead atoms. The van der Waals surface area contributed by atoms with Gasteiger partial charge in [-0.15, -0.1) is 0 Å². The summed E-state index contributed by atoms with van der Waals surface area (Å²) in [6.45, 7) is 0. The number of fused-ring (bicyclic) bond motifs is 4. The van der Waals surface area contributed by atoms with E-state index in [0.29, 0.717) is 17.5 Å². The fourth-order valence-electron chi connectivity index (χ4n) is 7.51. The predicted octanol–water partition coefficient (Wildman–Crippen LogP) is 12.7. The molecule has 0 aliphatic heterocycles. The smallest absolute Gasteiger partial charge is 0.164 e. The number of rotatable bonds is 6. The Morgan fingerprint density at radius 3 is 1.43 bits per heavy atom. The molecule has 10 rings (SSSR count). The normalized spacial score (nSPS) is 11.3. The molecule has 0 saturated carbocycles. The average molecular weight is 689 g/mol. The van der Waals surface area contributed by atoms with E-state index >= 15 is 0 Å². The largest absolute Gasteiger partial charge is 0.248 e. The number of hydrogen-bond donors (Lipinski definition) is 0. The Bertz CT molecular complexity index is 2900. The van der Waals surface area contributed by atoms with Crippen molar-refractivity contribution in [3.8, 4) is 67.7 Å². The highest BCUT2D eigenvalue weighted by molar-refractivity contribution is 6.17. The molecule has 0 radical (unpaired) electrons. The minimum Gasteiger partial charge on any atom is -0.248 e. The summed E-state index contributed by atoms with van der Waals surface area (Å²) in [6, 6.07) is 67.6. The van der Waals surface area contributed by atoms with E-state index in [0.717, 1.165) is 55.5 Å². The molecule has 252 valence electrons. The summed E-state index contributed by atoms with van der Waals surface area (Å²) >= 11 is 0. The number of aromatic nitrogens is 4. The molecule has 2 heterocycles. The van der Waals surface area contributed by atoms with Crippen LogP contribution in [0.2, 0.25) is 0 Å². The van der Waals surface area contributed by atoms with E-state index in [1.165, 1.54) is 27.1 Å². The van der Waals surface area contributed by atoms with Crippen molar-refractivity contribution in [3.63, 3.8) is 0 Å². The Morgan fingerprint density at radius 2 is 0.759 bits per heavy atom. The zero-order chi connectivity index (χ0) is 35.8. The van der Waals surface area contributed by atoms with Crippen LogP contribution in [0.15, 0.2) is 194 Å². The van der Waals surface area contributed by atoms with Crippen LogP contribution in [0, 0.1) is 0 Å². The van der Waals surface area contributed by atoms with Crippen LogP contribution in [-0.4, -0.2) is 19.9 Å². The van der Waals surface area contributed by atoms with Gasteiger partial charge in [0.1, 0.15) is 0 Å². The van der Waals surface area contributed by atoms with Crippen molar-refractivity contribution in [1.82, 2.24) is 19.9 Å².